The fraction of sp³-hybridized carbons (Fsp3) is 0.176. The fourth-order valence-corrected chi connectivity index (χ4v) is 2.13. The molecule has 0 unspecified atom stereocenters. The molecule has 0 aliphatic heterocycles. The molecule has 0 aromatic heterocycles. The Labute approximate surface area is 135 Å². The first kappa shape index (κ1) is 16.0. The lowest BCUT2D eigenvalue weighted by atomic mass is 10.2. The van der Waals surface area contributed by atoms with Crippen molar-refractivity contribution in [1.82, 2.24) is 0 Å². The highest BCUT2D eigenvalue weighted by Crippen LogP contribution is 2.17. The van der Waals surface area contributed by atoms with Gasteiger partial charge in [0.05, 0.1) is 17.9 Å². The Morgan fingerprint density at radius 1 is 1.09 bits per heavy atom. The molecule has 114 valence electrons. The monoisotopic (exact) mass is 314 g/mol. The molecule has 0 aliphatic carbocycles. The number of hydrogen-bond donors (Lipinski definition) is 2. The van der Waals surface area contributed by atoms with E-state index >= 15 is 0 Å². The predicted octanol–water partition coefficient (Wildman–Crippen LogP) is 3.98. The average Bonchev–Trinajstić information content (AvgIpc) is 2.50. The third kappa shape index (κ3) is 4.30. The number of ether oxygens (including phenoxy) is 1. The van der Waals surface area contributed by atoms with Crippen molar-refractivity contribution in [3.05, 3.63) is 59.7 Å². The van der Waals surface area contributed by atoms with E-state index in [0.717, 1.165) is 5.69 Å². The van der Waals surface area contributed by atoms with Crippen LogP contribution in [-0.2, 0) is 4.74 Å². The predicted molar refractivity (Wildman–Crippen MR) is 93.4 cm³/mol. The van der Waals surface area contributed by atoms with Crippen molar-refractivity contribution >= 4 is 34.7 Å². The van der Waals surface area contributed by atoms with Crippen LogP contribution >= 0.6 is 12.2 Å². The molecule has 2 aromatic carbocycles. The number of benzene rings is 2. The van der Waals surface area contributed by atoms with E-state index < -0.39 is 0 Å². The number of rotatable bonds is 4. The molecular formula is C17H18N2O2S. The van der Waals surface area contributed by atoms with Gasteiger partial charge >= 0.3 is 5.97 Å². The van der Waals surface area contributed by atoms with Crippen molar-refractivity contribution in [3.8, 4) is 0 Å². The first-order valence-electron chi connectivity index (χ1n) is 7.01. The molecule has 0 atom stereocenters. The number of para-hydroxylation sites is 1. The van der Waals surface area contributed by atoms with Crippen molar-refractivity contribution in [1.29, 1.82) is 0 Å². The number of esters is 1. The zero-order valence-electron chi connectivity index (χ0n) is 12.6. The van der Waals surface area contributed by atoms with Gasteiger partial charge < -0.3 is 15.4 Å². The summed E-state index contributed by atoms with van der Waals surface area (Å²) in [5.41, 5.74) is 3.14. The summed E-state index contributed by atoms with van der Waals surface area (Å²) in [6.45, 7) is 4.13. The Kier molecular flexibility index (Phi) is 5.49. The Hall–Kier alpha value is -2.40. The number of nitrogens with one attached hydrogen (secondary N) is 2. The molecule has 0 fully saturated rings. The summed E-state index contributed by atoms with van der Waals surface area (Å²) in [5.74, 6) is -0.372. The minimum absolute atomic E-state index is 0.333. The number of thiocarbonyl (C=S) groups is 1. The minimum atomic E-state index is -0.372. The van der Waals surface area contributed by atoms with Gasteiger partial charge in [0, 0.05) is 5.69 Å². The van der Waals surface area contributed by atoms with Crippen LogP contribution in [-0.4, -0.2) is 17.7 Å². The van der Waals surface area contributed by atoms with Crippen LogP contribution in [0.2, 0.25) is 0 Å². The zero-order chi connectivity index (χ0) is 15.9. The van der Waals surface area contributed by atoms with Gasteiger partial charge in [-0.15, -0.1) is 0 Å². The second-order valence-corrected chi connectivity index (χ2v) is 5.12. The lowest BCUT2D eigenvalue weighted by Gasteiger charge is -2.13. The lowest BCUT2D eigenvalue weighted by Crippen LogP contribution is -2.21. The summed E-state index contributed by atoms with van der Waals surface area (Å²) in [6, 6.07) is 15.0. The second-order valence-electron chi connectivity index (χ2n) is 4.71. The van der Waals surface area contributed by atoms with E-state index in [0.29, 0.717) is 23.0 Å². The zero-order valence-corrected chi connectivity index (χ0v) is 13.4. The fourth-order valence-electron chi connectivity index (χ4n) is 1.90. The Morgan fingerprint density at radius 3 is 2.45 bits per heavy atom. The van der Waals surface area contributed by atoms with Gasteiger partial charge in [-0.2, -0.15) is 0 Å². The maximum atomic E-state index is 11.9. The van der Waals surface area contributed by atoms with Gasteiger partial charge in [0.2, 0.25) is 0 Å². The van der Waals surface area contributed by atoms with E-state index in [-0.39, 0.29) is 5.97 Å². The van der Waals surface area contributed by atoms with Gasteiger partial charge in [-0.3, -0.25) is 0 Å². The van der Waals surface area contributed by atoms with Gasteiger partial charge in [0.1, 0.15) is 0 Å². The van der Waals surface area contributed by atoms with Crippen LogP contribution in [0.25, 0.3) is 0 Å². The molecule has 0 saturated heterocycles. The maximum Gasteiger partial charge on any atom is 0.340 e. The van der Waals surface area contributed by atoms with Gasteiger partial charge in [0.25, 0.3) is 0 Å². The Morgan fingerprint density at radius 2 is 1.77 bits per heavy atom. The molecule has 2 N–H and O–H groups in total. The standard InChI is InChI=1S/C17H18N2O2S/c1-3-21-16(20)14-6-4-5-7-15(14)19-17(22)18-13-10-8-12(2)9-11-13/h4-11H,3H2,1-2H3,(H2,18,19,22). The molecular weight excluding hydrogens is 296 g/mol. The largest absolute Gasteiger partial charge is 0.462 e. The van der Waals surface area contributed by atoms with Crippen molar-refractivity contribution in [3.63, 3.8) is 0 Å². The molecule has 22 heavy (non-hydrogen) atoms. The van der Waals surface area contributed by atoms with E-state index in [1.54, 1.807) is 25.1 Å². The molecule has 0 bridgehead atoms. The molecule has 2 rings (SSSR count). The summed E-state index contributed by atoms with van der Waals surface area (Å²) in [5, 5.41) is 6.53. The highest BCUT2D eigenvalue weighted by atomic mass is 32.1. The third-order valence-corrected chi connectivity index (χ3v) is 3.18. The highest BCUT2D eigenvalue weighted by Gasteiger charge is 2.12. The molecule has 0 aliphatic rings. The quantitative estimate of drug-likeness (QED) is 0.660. The lowest BCUT2D eigenvalue weighted by molar-refractivity contribution is 0.0527. The van der Waals surface area contributed by atoms with Gasteiger partial charge in [-0.1, -0.05) is 29.8 Å². The van der Waals surface area contributed by atoms with Crippen LogP contribution in [0.4, 0.5) is 11.4 Å². The molecule has 0 amide bonds. The molecule has 0 saturated carbocycles. The summed E-state index contributed by atoms with van der Waals surface area (Å²) in [7, 11) is 0. The van der Waals surface area contributed by atoms with Crippen molar-refractivity contribution in [2.24, 2.45) is 0 Å². The first-order chi connectivity index (χ1) is 10.6. The van der Waals surface area contributed by atoms with Crippen LogP contribution in [0.5, 0.6) is 0 Å². The molecule has 2 aromatic rings. The number of carbonyl (C=O) groups excluding carboxylic acids is 1. The maximum absolute atomic E-state index is 11.9. The van der Waals surface area contributed by atoms with Crippen molar-refractivity contribution < 1.29 is 9.53 Å². The second kappa shape index (κ2) is 7.56. The van der Waals surface area contributed by atoms with Gasteiger partial charge in [0.15, 0.2) is 5.11 Å². The summed E-state index contributed by atoms with van der Waals surface area (Å²) in [6.07, 6.45) is 0. The first-order valence-corrected chi connectivity index (χ1v) is 7.42. The van der Waals surface area contributed by atoms with Crippen LogP contribution < -0.4 is 10.6 Å². The summed E-state index contributed by atoms with van der Waals surface area (Å²) in [4.78, 5) is 11.9. The number of aryl methyl sites for hydroxylation is 1. The van der Waals surface area contributed by atoms with Crippen molar-refractivity contribution in [2.45, 2.75) is 13.8 Å². The van der Waals surface area contributed by atoms with E-state index in [9.17, 15) is 4.79 Å². The average molecular weight is 314 g/mol. The summed E-state index contributed by atoms with van der Waals surface area (Å²) >= 11 is 5.29. The molecule has 0 heterocycles. The third-order valence-electron chi connectivity index (χ3n) is 2.98. The van der Waals surface area contributed by atoms with Crippen molar-refractivity contribution in [2.75, 3.05) is 17.2 Å². The van der Waals surface area contributed by atoms with Crippen LogP contribution in [0, 0.1) is 6.92 Å². The van der Waals surface area contributed by atoms with Crippen LogP contribution in [0.15, 0.2) is 48.5 Å². The van der Waals surface area contributed by atoms with Gasteiger partial charge in [-0.05, 0) is 50.3 Å². The van der Waals surface area contributed by atoms with E-state index in [4.69, 9.17) is 17.0 Å². The van der Waals surface area contributed by atoms with E-state index in [1.807, 2.05) is 37.3 Å². The minimum Gasteiger partial charge on any atom is -0.462 e. The normalized spacial score (nSPS) is 9.91. The SMILES string of the molecule is CCOC(=O)c1ccccc1NC(=S)Nc1ccc(C)cc1. The van der Waals surface area contributed by atoms with Crippen LogP contribution in [0.3, 0.4) is 0 Å². The summed E-state index contributed by atoms with van der Waals surface area (Å²) < 4.78 is 5.04. The van der Waals surface area contributed by atoms with Crippen LogP contribution in [0.1, 0.15) is 22.8 Å². The van der Waals surface area contributed by atoms with E-state index in [2.05, 4.69) is 10.6 Å². The smallest absolute Gasteiger partial charge is 0.340 e. The topological polar surface area (TPSA) is 50.4 Å². The number of carbonyl (C=O) groups is 1. The molecule has 4 nitrogen and oxygen atoms in total. The Balaban J connectivity index is 2.08. The molecule has 0 radical (unpaired) electrons. The molecule has 0 spiro atoms. The van der Waals surface area contributed by atoms with E-state index in [1.165, 1.54) is 5.56 Å². The number of anilines is 2. The number of hydrogen-bond acceptors (Lipinski definition) is 3. The highest BCUT2D eigenvalue weighted by molar-refractivity contribution is 7.80. The van der Waals surface area contributed by atoms with Gasteiger partial charge in [-0.25, -0.2) is 4.79 Å². The Bertz CT molecular complexity index is 669. The molecule has 5 heteroatoms.